The number of aryl methyl sites for hydroxylation is 1. The lowest BCUT2D eigenvalue weighted by Gasteiger charge is -2.44. The molecule has 0 aromatic heterocycles. The van der Waals surface area contributed by atoms with Crippen molar-refractivity contribution in [2.75, 3.05) is 0 Å². The van der Waals surface area contributed by atoms with Crippen molar-refractivity contribution in [3.8, 4) is 0 Å². The Kier molecular flexibility index (Phi) is 9.43. The van der Waals surface area contributed by atoms with E-state index in [-0.39, 0.29) is 11.2 Å². The summed E-state index contributed by atoms with van der Waals surface area (Å²) in [6.45, 7) is 16.8. The highest BCUT2D eigenvalue weighted by atomic mass is 16.3. The number of benzene rings is 1. The molecule has 1 aromatic rings. The van der Waals surface area contributed by atoms with Crippen LogP contribution in [0.5, 0.6) is 0 Å². The smallest absolute Gasteiger partial charge is 0.134 e. The molecule has 5 rings (SSSR count). The maximum Gasteiger partial charge on any atom is 0.134 e. The first kappa shape index (κ1) is 26.9. The molecule has 1 heterocycles. The zero-order valence-electron chi connectivity index (χ0n) is 22.4. The number of hydrogen-bond donors (Lipinski definition) is 2. The van der Waals surface area contributed by atoms with E-state index in [0.717, 1.165) is 23.1 Å². The summed E-state index contributed by atoms with van der Waals surface area (Å²) < 4.78 is 0. The SMILES string of the molecule is C1CC1.C=C(/C=C/C1(C)CC=CC2CCCCC21)C1=C(O)C(c2ccc(C)cc2)=CNC1=C.CC. The normalized spacial score (nSPS) is 27.0. The Balaban J connectivity index is 0.000000622. The van der Waals surface area contributed by atoms with Crippen LogP contribution in [0, 0.1) is 24.2 Å². The van der Waals surface area contributed by atoms with Crippen LogP contribution in [0.3, 0.4) is 0 Å². The molecule has 0 bridgehead atoms. The zero-order chi connectivity index (χ0) is 25.4. The molecule has 0 saturated heterocycles. The number of nitrogens with one attached hydrogen (secondary N) is 1. The molecule has 2 nitrogen and oxygen atoms in total. The third-order valence-electron chi connectivity index (χ3n) is 7.49. The molecule has 2 N–H and O–H groups in total. The summed E-state index contributed by atoms with van der Waals surface area (Å²) in [6, 6.07) is 8.17. The van der Waals surface area contributed by atoms with Crippen molar-refractivity contribution in [2.45, 2.75) is 79.1 Å². The molecule has 35 heavy (non-hydrogen) atoms. The van der Waals surface area contributed by atoms with Gasteiger partial charge in [0.15, 0.2) is 0 Å². The second-order valence-electron chi connectivity index (χ2n) is 10.4. The van der Waals surface area contributed by atoms with Gasteiger partial charge in [-0.3, -0.25) is 0 Å². The molecule has 3 aliphatic carbocycles. The molecule has 1 aromatic carbocycles. The van der Waals surface area contributed by atoms with Crippen molar-refractivity contribution in [2.24, 2.45) is 17.3 Å². The van der Waals surface area contributed by atoms with Crippen LogP contribution in [0.4, 0.5) is 0 Å². The molecular formula is C33H45NO. The van der Waals surface area contributed by atoms with Gasteiger partial charge in [0.1, 0.15) is 5.76 Å². The minimum absolute atomic E-state index is 0.137. The van der Waals surface area contributed by atoms with Crippen molar-refractivity contribution in [1.82, 2.24) is 5.32 Å². The Morgan fingerprint density at radius 3 is 2.37 bits per heavy atom. The van der Waals surface area contributed by atoms with E-state index in [4.69, 9.17) is 0 Å². The molecule has 0 radical (unpaired) electrons. The summed E-state index contributed by atoms with van der Waals surface area (Å²) in [5.41, 5.74) is 5.25. The summed E-state index contributed by atoms with van der Waals surface area (Å²) in [6.07, 6.45) is 21.9. The van der Waals surface area contributed by atoms with E-state index in [1.807, 2.05) is 32.2 Å². The van der Waals surface area contributed by atoms with Crippen LogP contribution < -0.4 is 5.32 Å². The first-order chi connectivity index (χ1) is 16.9. The zero-order valence-corrected chi connectivity index (χ0v) is 22.4. The van der Waals surface area contributed by atoms with Crippen LogP contribution in [-0.2, 0) is 0 Å². The molecule has 188 valence electrons. The predicted octanol–water partition coefficient (Wildman–Crippen LogP) is 9.35. The van der Waals surface area contributed by atoms with Gasteiger partial charge in [0.05, 0.1) is 0 Å². The number of hydrogen-bond acceptors (Lipinski definition) is 2. The number of allylic oxidation sites excluding steroid dienone is 6. The van der Waals surface area contributed by atoms with Crippen LogP contribution in [0.1, 0.15) is 83.3 Å². The Hall–Kier alpha value is -2.74. The predicted molar refractivity (Wildman–Crippen MR) is 152 cm³/mol. The van der Waals surface area contributed by atoms with Gasteiger partial charge in [0, 0.05) is 23.0 Å². The Labute approximate surface area is 213 Å². The quantitative estimate of drug-likeness (QED) is 0.338. The minimum Gasteiger partial charge on any atom is -0.507 e. The lowest BCUT2D eigenvalue weighted by Crippen LogP contribution is -2.35. The van der Waals surface area contributed by atoms with Gasteiger partial charge in [-0.25, -0.2) is 0 Å². The van der Waals surface area contributed by atoms with Gasteiger partial charge in [0.2, 0.25) is 0 Å². The average Bonchev–Trinajstić information content (AvgIpc) is 3.75. The highest BCUT2D eigenvalue weighted by Crippen LogP contribution is 2.49. The fourth-order valence-electron chi connectivity index (χ4n) is 5.30. The number of dihydropyridines is 1. The molecular weight excluding hydrogens is 426 g/mol. The number of fused-ring (bicyclic) bond motifs is 1. The van der Waals surface area contributed by atoms with E-state index >= 15 is 0 Å². The number of aliphatic hydroxyl groups excluding tert-OH is 1. The molecule has 3 atom stereocenters. The largest absolute Gasteiger partial charge is 0.507 e. The highest BCUT2D eigenvalue weighted by molar-refractivity contribution is 5.82. The van der Waals surface area contributed by atoms with Crippen LogP contribution >= 0.6 is 0 Å². The van der Waals surface area contributed by atoms with Crippen molar-refractivity contribution >= 4 is 5.57 Å². The summed E-state index contributed by atoms with van der Waals surface area (Å²) in [5, 5.41) is 14.3. The van der Waals surface area contributed by atoms with Gasteiger partial charge >= 0.3 is 0 Å². The Morgan fingerprint density at radius 2 is 1.71 bits per heavy atom. The second-order valence-corrected chi connectivity index (χ2v) is 10.4. The lowest BCUT2D eigenvalue weighted by atomic mass is 9.60. The molecule has 0 amide bonds. The second kappa shape index (κ2) is 12.3. The van der Waals surface area contributed by atoms with Crippen LogP contribution in [-0.4, -0.2) is 5.11 Å². The van der Waals surface area contributed by atoms with E-state index in [2.05, 4.69) is 68.8 Å². The first-order valence-corrected chi connectivity index (χ1v) is 13.6. The van der Waals surface area contributed by atoms with Gasteiger partial charge in [-0.05, 0) is 54.6 Å². The monoisotopic (exact) mass is 471 g/mol. The van der Waals surface area contributed by atoms with Crippen molar-refractivity contribution < 1.29 is 5.11 Å². The molecule has 0 spiro atoms. The van der Waals surface area contributed by atoms with E-state index < -0.39 is 0 Å². The summed E-state index contributed by atoms with van der Waals surface area (Å²) in [5.74, 6) is 1.63. The van der Waals surface area contributed by atoms with Gasteiger partial charge in [-0.1, -0.05) is 120 Å². The van der Waals surface area contributed by atoms with Crippen molar-refractivity contribution in [1.29, 1.82) is 0 Å². The van der Waals surface area contributed by atoms with Gasteiger partial charge in [-0.2, -0.15) is 0 Å². The fourth-order valence-corrected chi connectivity index (χ4v) is 5.30. The van der Waals surface area contributed by atoms with Gasteiger partial charge in [0.25, 0.3) is 0 Å². The molecule has 4 aliphatic rings. The molecule has 3 unspecified atom stereocenters. The maximum atomic E-state index is 11.1. The molecule has 2 heteroatoms. The third-order valence-corrected chi connectivity index (χ3v) is 7.49. The minimum atomic E-state index is 0.137. The van der Waals surface area contributed by atoms with E-state index in [0.29, 0.717) is 23.1 Å². The van der Waals surface area contributed by atoms with E-state index in [9.17, 15) is 5.11 Å². The van der Waals surface area contributed by atoms with Crippen molar-refractivity contribution in [3.63, 3.8) is 0 Å². The van der Waals surface area contributed by atoms with E-state index in [1.165, 1.54) is 50.5 Å². The van der Waals surface area contributed by atoms with Gasteiger partial charge in [-0.15, -0.1) is 0 Å². The summed E-state index contributed by atoms with van der Waals surface area (Å²) >= 11 is 0. The molecule has 2 fully saturated rings. The van der Waals surface area contributed by atoms with Crippen LogP contribution in [0.15, 0.2) is 90.5 Å². The third kappa shape index (κ3) is 6.69. The maximum absolute atomic E-state index is 11.1. The number of aliphatic hydroxyl groups is 1. The summed E-state index contributed by atoms with van der Waals surface area (Å²) in [7, 11) is 0. The number of rotatable bonds is 4. The average molecular weight is 472 g/mol. The van der Waals surface area contributed by atoms with Crippen LogP contribution in [0.2, 0.25) is 0 Å². The fraction of sp³-hybridized carbons (Fsp3) is 0.455. The summed E-state index contributed by atoms with van der Waals surface area (Å²) in [4.78, 5) is 0. The standard InChI is InChI=1S/C28H33NO.C3H6.C2H6/c1-19-11-13-22(14-12-19)24-18-29-21(3)26(27(24)30)20(2)15-17-28(4)16-7-9-23-8-5-6-10-25(23)28;1-2-3-1;1-2/h7,9,11-15,17-18,23,25,29-30H,2-3,5-6,8,10,16H2,1,4H3;1-3H2;1-2H3/b17-15+;;. The topological polar surface area (TPSA) is 32.3 Å². The lowest BCUT2D eigenvalue weighted by molar-refractivity contribution is 0.135. The Morgan fingerprint density at radius 1 is 1.06 bits per heavy atom. The highest BCUT2D eigenvalue weighted by Gasteiger charge is 2.39. The Bertz CT molecular complexity index is 1010. The van der Waals surface area contributed by atoms with Crippen molar-refractivity contribution in [3.05, 3.63) is 102 Å². The van der Waals surface area contributed by atoms with E-state index in [1.54, 1.807) is 0 Å². The van der Waals surface area contributed by atoms with Gasteiger partial charge < -0.3 is 10.4 Å². The van der Waals surface area contributed by atoms with Crippen LogP contribution in [0.25, 0.3) is 5.57 Å². The molecule has 1 aliphatic heterocycles. The molecule has 2 saturated carbocycles. The first-order valence-electron chi connectivity index (χ1n) is 13.6.